The van der Waals surface area contributed by atoms with Gasteiger partial charge in [0.2, 0.25) is 15.9 Å². The number of carbonyl (C=O) groups excluding carboxylic acids is 1. The summed E-state index contributed by atoms with van der Waals surface area (Å²) < 4.78 is 32.7. The molecule has 0 bridgehead atoms. The van der Waals surface area contributed by atoms with Crippen LogP contribution in [-0.4, -0.2) is 92.8 Å². The molecular weight excluding hydrogens is 522 g/mol. The normalized spacial score (nSPS) is 19.0. The first-order valence-corrected chi connectivity index (χ1v) is 14.2. The van der Waals surface area contributed by atoms with Crippen LogP contribution in [0.25, 0.3) is 11.1 Å². The lowest BCUT2D eigenvalue weighted by Gasteiger charge is -2.36. The Morgan fingerprint density at radius 1 is 1.03 bits per heavy atom. The average molecular weight is 556 g/mol. The van der Waals surface area contributed by atoms with E-state index in [1.807, 2.05) is 31.3 Å². The predicted molar refractivity (Wildman–Crippen MR) is 143 cm³/mol. The molecule has 2 heterocycles. The molecule has 3 N–H and O–H groups in total. The molecule has 0 spiro atoms. The van der Waals surface area contributed by atoms with Gasteiger partial charge < -0.3 is 25.4 Å². The van der Waals surface area contributed by atoms with Crippen molar-refractivity contribution >= 4 is 22.0 Å². The third-order valence-electron chi connectivity index (χ3n) is 7.27. The van der Waals surface area contributed by atoms with Crippen LogP contribution >= 0.6 is 0 Å². The summed E-state index contributed by atoms with van der Waals surface area (Å²) in [6.07, 6.45) is -0.688. The summed E-state index contributed by atoms with van der Waals surface area (Å²) >= 11 is 0. The van der Waals surface area contributed by atoms with Gasteiger partial charge in [0.1, 0.15) is 11.6 Å². The van der Waals surface area contributed by atoms with E-state index in [0.29, 0.717) is 26.2 Å². The van der Waals surface area contributed by atoms with E-state index < -0.39 is 33.6 Å². The lowest BCUT2D eigenvalue weighted by atomic mass is 9.88. The van der Waals surface area contributed by atoms with E-state index in [-0.39, 0.29) is 37.4 Å². The first-order valence-electron chi connectivity index (χ1n) is 12.8. The van der Waals surface area contributed by atoms with Crippen molar-refractivity contribution in [3.63, 3.8) is 0 Å². The predicted octanol–water partition coefficient (Wildman–Crippen LogP) is 1.66. The SMILES string of the molecule is CN1CCN(S(=O)(=O)c2ccc(-c3ccc(CC(C#N)NC(=O)C4(NC(=O)O)CCOCC4)cc3)cc2)CC1. The third-order valence-corrected chi connectivity index (χ3v) is 9.18. The maximum Gasteiger partial charge on any atom is 0.405 e. The Balaban J connectivity index is 1.40. The van der Waals surface area contributed by atoms with Crippen LogP contribution in [-0.2, 0) is 26.0 Å². The number of sulfonamides is 1. The molecule has 11 nitrogen and oxygen atoms in total. The molecule has 1 unspecified atom stereocenters. The summed E-state index contributed by atoms with van der Waals surface area (Å²) in [6.45, 7) is 2.84. The van der Waals surface area contributed by atoms with Gasteiger partial charge in [-0.25, -0.2) is 13.2 Å². The average Bonchev–Trinajstić information content (AvgIpc) is 2.93. The first-order chi connectivity index (χ1) is 18.6. The topological polar surface area (TPSA) is 152 Å². The molecule has 12 heteroatoms. The highest BCUT2D eigenvalue weighted by Crippen LogP contribution is 2.25. The zero-order valence-corrected chi connectivity index (χ0v) is 22.6. The molecule has 2 amide bonds. The number of piperazine rings is 1. The maximum atomic E-state index is 13.0. The standard InChI is InChI=1S/C27H33N5O6S/c1-31-12-14-32(15-13-31)39(36,37)24-8-6-22(7-9-24)21-4-2-20(3-5-21)18-23(19-28)29-25(33)27(30-26(34)35)10-16-38-17-11-27/h2-9,23,30H,10-18H2,1H3,(H,29,33)(H,34,35). The van der Waals surface area contributed by atoms with Gasteiger partial charge in [-0.1, -0.05) is 36.4 Å². The number of hydrogen-bond donors (Lipinski definition) is 3. The van der Waals surface area contributed by atoms with Crippen LogP contribution in [0.1, 0.15) is 18.4 Å². The van der Waals surface area contributed by atoms with E-state index in [1.54, 1.807) is 24.3 Å². The number of amides is 2. The van der Waals surface area contributed by atoms with E-state index in [1.165, 1.54) is 4.31 Å². The van der Waals surface area contributed by atoms with Crippen molar-refractivity contribution in [2.45, 2.75) is 35.7 Å². The number of benzene rings is 2. The summed E-state index contributed by atoms with van der Waals surface area (Å²) in [5.74, 6) is -0.539. The molecule has 208 valence electrons. The first kappa shape index (κ1) is 28.5. The van der Waals surface area contributed by atoms with Crippen LogP contribution in [0.3, 0.4) is 0 Å². The molecule has 39 heavy (non-hydrogen) atoms. The molecule has 1 atom stereocenters. The molecule has 2 aliphatic rings. The molecule has 2 aromatic rings. The summed E-state index contributed by atoms with van der Waals surface area (Å²) in [5, 5.41) is 23.9. The van der Waals surface area contributed by atoms with Crippen molar-refractivity contribution in [3.05, 3.63) is 54.1 Å². The van der Waals surface area contributed by atoms with Gasteiger partial charge in [0.25, 0.3) is 0 Å². The van der Waals surface area contributed by atoms with Crippen molar-refractivity contribution in [1.29, 1.82) is 5.26 Å². The van der Waals surface area contributed by atoms with Crippen LogP contribution in [0.15, 0.2) is 53.4 Å². The van der Waals surface area contributed by atoms with Gasteiger partial charge in [0.05, 0.1) is 11.0 Å². The summed E-state index contributed by atoms with van der Waals surface area (Å²) in [4.78, 5) is 26.6. The summed E-state index contributed by atoms with van der Waals surface area (Å²) in [6, 6.07) is 15.5. The molecule has 0 radical (unpaired) electrons. The largest absolute Gasteiger partial charge is 0.465 e. The van der Waals surface area contributed by atoms with Crippen LogP contribution in [0, 0.1) is 11.3 Å². The number of carbonyl (C=O) groups is 2. The Kier molecular flexibility index (Phi) is 8.87. The number of rotatable bonds is 8. The number of nitriles is 1. The fourth-order valence-electron chi connectivity index (χ4n) is 4.82. The van der Waals surface area contributed by atoms with Crippen molar-refractivity contribution < 1.29 is 27.9 Å². The molecule has 4 rings (SSSR count). The van der Waals surface area contributed by atoms with Crippen LogP contribution in [0.4, 0.5) is 4.79 Å². The highest BCUT2D eigenvalue weighted by Gasteiger charge is 2.42. The van der Waals surface area contributed by atoms with Crippen LogP contribution < -0.4 is 10.6 Å². The molecule has 0 aromatic heterocycles. The van der Waals surface area contributed by atoms with Gasteiger partial charge >= 0.3 is 6.09 Å². The lowest BCUT2D eigenvalue weighted by molar-refractivity contribution is -0.131. The minimum absolute atomic E-state index is 0.188. The summed E-state index contributed by atoms with van der Waals surface area (Å²) in [5.41, 5.74) is 1.22. The van der Waals surface area contributed by atoms with E-state index in [9.17, 15) is 28.4 Å². The van der Waals surface area contributed by atoms with E-state index in [2.05, 4.69) is 21.6 Å². The molecular formula is C27H33N5O6S. The second-order valence-electron chi connectivity index (χ2n) is 9.91. The summed E-state index contributed by atoms with van der Waals surface area (Å²) in [7, 11) is -1.56. The maximum absolute atomic E-state index is 13.0. The molecule has 0 aliphatic carbocycles. The van der Waals surface area contributed by atoms with Gasteiger partial charge in [0.15, 0.2) is 0 Å². The fourth-order valence-corrected chi connectivity index (χ4v) is 6.25. The van der Waals surface area contributed by atoms with Crippen molar-refractivity contribution in [2.75, 3.05) is 46.4 Å². The lowest BCUT2D eigenvalue weighted by Crippen LogP contribution is -2.62. The number of likely N-dealkylation sites (N-methyl/N-ethyl adjacent to an activating group) is 1. The number of carboxylic acid groups (broad SMARTS) is 1. The van der Waals surface area contributed by atoms with Gasteiger partial charge in [-0.3, -0.25) is 4.79 Å². The smallest absolute Gasteiger partial charge is 0.405 e. The number of ether oxygens (including phenoxy) is 1. The monoisotopic (exact) mass is 555 g/mol. The molecule has 2 fully saturated rings. The molecule has 2 aromatic carbocycles. The van der Waals surface area contributed by atoms with Crippen molar-refractivity contribution in [2.24, 2.45) is 0 Å². The van der Waals surface area contributed by atoms with Gasteiger partial charge in [-0.15, -0.1) is 0 Å². The van der Waals surface area contributed by atoms with E-state index in [0.717, 1.165) is 16.7 Å². The number of nitrogens with zero attached hydrogens (tertiary/aromatic N) is 3. The minimum Gasteiger partial charge on any atom is -0.465 e. The molecule has 0 saturated carbocycles. The Morgan fingerprint density at radius 2 is 1.59 bits per heavy atom. The number of hydrogen-bond acceptors (Lipinski definition) is 7. The van der Waals surface area contributed by atoms with Crippen molar-refractivity contribution in [1.82, 2.24) is 19.8 Å². The Bertz CT molecular complexity index is 1310. The van der Waals surface area contributed by atoms with Gasteiger partial charge in [-0.05, 0) is 35.9 Å². The zero-order valence-electron chi connectivity index (χ0n) is 21.8. The third kappa shape index (κ3) is 6.75. The van der Waals surface area contributed by atoms with Crippen molar-refractivity contribution in [3.8, 4) is 17.2 Å². The zero-order chi connectivity index (χ0) is 28.0. The van der Waals surface area contributed by atoms with Gasteiger partial charge in [0, 0.05) is 58.7 Å². The van der Waals surface area contributed by atoms with E-state index >= 15 is 0 Å². The van der Waals surface area contributed by atoms with Crippen LogP contribution in [0.2, 0.25) is 0 Å². The van der Waals surface area contributed by atoms with Crippen LogP contribution in [0.5, 0.6) is 0 Å². The second kappa shape index (κ2) is 12.1. The minimum atomic E-state index is -3.54. The Labute approximate surface area is 228 Å². The Morgan fingerprint density at radius 3 is 2.13 bits per heavy atom. The fraction of sp³-hybridized carbons (Fsp3) is 0.444. The Hall–Kier alpha value is -3.50. The quantitative estimate of drug-likeness (QED) is 0.445. The van der Waals surface area contributed by atoms with Gasteiger partial charge in [-0.2, -0.15) is 9.57 Å². The highest BCUT2D eigenvalue weighted by atomic mass is 32.2. The second-order valence-corrected chi connectivity index (χ2v) is 11.9. The molecule has 2 saturated heterocycles. The van der Waals surface area contributed by atoms with E-state index in [4.69, 9.17) is 4.74 Å². The molecule has 2 aliphatic heterocycles. The number of nitrogens with one attached hydrogen (secondary N) is 2. The highest BCUT2D eigenvalue weighted by molar-refractivity contribution is 7.89.